The van der Waals surface area contributed by atoms with Crippen molar-refractivity contribution in [3.8, 4) is 0 Å². The molecular weight excluding hydrogens is 554 g/mol. The van der Waals surface area contributed by atoms with Gasteiger partial charge < -0.3 is 25.8 Å². The fourth-order valence-electron chi connectivity index (χ4n) is 3.72. The molecule has 3 amide bonds. The van der Waals surface area contributed by atoms with Crippen LogP contribution < -0.4 is 25.8 Å². The molecule has 16 heteroatoms. The van der Waals surface area contributed by atoms with Crippen molar-refractivity contribution in [1.82, 2.24) is 15.2 Å². The molecule has 0 radical (unpaired) electrons. The topological polar surface area (TPSA) is 174 Å². The maximum absolute atomic E-state index is 13.0. The number of carboxylic acid groups (broad SMARTS) is 1. The molecule has 3 N–H and O–H groups in total. The molecule has 2 atom stereocenters. The lowest BCUT2D eigenvalue weighted by Gasteiger charge is -2.50. The number of hydrogen-bond donors (Lipinski definition) is 2. The molecule has 38 heavy (non-hydrogen) atoms. The van der Waals surface area contributed by atoms with E-state index >= 15 is 0 Å². The Kier molecular flexibility index (Phi) is 8.23. The quantitative estimate of drug-likeness (QED) is 0.120. The van der Waals surface area contributed by atoms with Crippen LogP contribution in [0.1, 0.15) is 12.6 Å². The van der Waals surface area contributed by atoms with E-state index in [9.17, 15) is 24.3 Å². The van der Waals surface area contributed by atoms with Gasteiger partial charge in [-0.3, -0.25) is 19.3 Å². The molecule has 13 nitrogen and oxygen atoms in total. The summed E-state index contributed by atoms with van der Waals surface area (Å²) in [6.07, 6.45) is 3.44. The molecule has 0 saturated carbocycles. The summed E-state index contributed by atoms with van der Waals surface area (Å²) in [4.78, 5) is 60.2. The summed E-state index contributed by atoms with van der Waals surface area (Å²) in [7, 11) is 2.91. The smallest absolute Gasteiger partial charge is 0.276 e. The second-order valence-electron chi connectivity index (χ2n) is 8.04. The Morgan fingerprint density at radius 1 is 1.39 bits per heavy atom. The number of β-lactam (4-membered cyclic amide) rings is 1. The van der Waals surface area contributed by atoms with Crippen molar-refractivity contribution in [3.63, 3.8) is 0 Å². The monoisotopic (exact) mass is 577 g/mol. The third kappa shape index (κ3) is 5.46. The van der Waals surface area contributed by atoms with E-state index in [1.165, 1.54) is 47.9 Å². The highest BCUT2D eigenvalue weighted by Gasteiger charge is 2.53. The lowest BCUT2D eigenvalue weighted by molar-refractivity contribution is -0.680. The van der Waals surface area contributed by atoms with E-state index in [0.29, 0.717) is 17.1 Å². The fourth-order valence-corrected chi connectivity index (χ4v) is 6.64. The van der Waals surface area contributed by atoms with Crippen LogP contribution in [0.5, 0.6) is 0 Å². The number of nitrogens with zero attached hydrogens (tertiary/aromatic N) is 5. The van der Waals surface area contributed by atoms with Gasteiger partial charge in [-0.2, -0.15) is 0 Å². The number of carbonyl (C=O) groups excluding carboxylic acids is 4. The molecule has 2 aromatic heterocycles. The SMILES string of the molecule is CO/N=C(\C(=O)N[C@@H]1C(=O)N2C(C(=O)[O-])=C(CSc3cc[n+](N(C)C(C)=O)cc3)CS[C@H]12)c1csc(N)n1. The Bertz CT molecular complexity index is 1340. The number of aliphatic carboxylic acids is 1. The first kappa shape index (κ1) is 27.4. The van der Waals surface area contributed by atoms with Crippen molar-refractivity contribution in [2.75, 3.05) is 36.4 Å². The molecule has 0 aliphatic carbocycles. The van der Waals surface area contributed by atoms with E-state index in [2.05, 4.69) is 15.5 Å². The van der Waals surface area contributed by atoms with E-state index < -0.39 is 29.2 Å². The van der Waals surface area contributed by atoms with Gasteiger partial charge in [0, 0.05) is 40.8 Å². The van der Waals surface area contributed by atoms with Crippen LogP contribution in [0.25, 0.3) is 0 Å². The first-order chi connectivity index (χ1) is 18.1. The number of thiazole rings is 1. The molecule has 4 heterocycles. The number of anilines is 1. The molecule has 200 valence electrons. The van der Waals surface area contributed by atoms with Gasteiger partial charge in [-0.25, -0.2) is 4.98 Å². The Hall–Kier alpha value is -3.63. The number of oxime groups is 1. The molecule has 2 aliphatic heterocycles. The van der Waals surface area contributed by atoms with Gasteiger partial charge in [0.15, 0.2) is 10.8 Å². The average Bonchev–Trinajstić information content (AvgIpc) is 3.33. The van der Waals surface area contributed by atoms with E-state index in [-0.39, 0.29) is 28.1 Å². The zero-order valence-electron chi connectivity index (χ0n) is 20.4. The highest BCUT2D eigenvalue weighted by molar-refractivity contribution is 8.01. The highest BCUT2D eigenvalue weighted by Crippen LogP contribution is 2.41. The number of rotatable bonds is 9. The van der Waals surface area contributed by atoms with Gasteiger partial charge in [0.25, 0.3) is 17.7 Å². The summed E-state index contributed by atoms with van der Waals surface area (Å²) in [6.45, 7) is 1.45. The number of fused-ring (bicyclic) bond motifs is 1. The molecule has 2 aromatic rings. The van der Waals surface area contributed by atoms with Crippen molar-refractivity contribution in [3.05, 3.63) is 46.9 Å². The lowest BCUT2D eigenvalue weighted by atomic mass is 10.0. The van der Waals surface area contributed by atoms with Gasteiger partial charge in [0.1, 0.15) is 24.2 Å². The van der Waals surface area contributed by atoms with Crippen molar-refractivity contribution in [2.24, 2.45) is 5.16 Å². The predicted octanol–water partition coefficient (Wildman–Crippen LogP) is -1.33. The van der Waals surface area contributed by atoms with Crippen molar-refractivity contribution in [1.29, 1.82) is 0 Å². The molecule has 0 aromatic carbocycles. The van der Waals surface area contributed by atoms with Crippen LogP contribution in [-0.2, 0) is 24.0 Å². The molecular formula is C22H23N7O6S3. The largest absolute Gasteiger partial charge is 0.543 e. The summed E-state index contributed by atoms with van der Waals surface area (Å²) < 4.78 is 1.62. The first-order valence-electron chi connectivity index (χ1n) is 11.0. The molecule has 0 unspecified atom stereocenters. The average molecular weight is 578 g/mol. The molecule has 2 aliphatic rings. The standard InChI is InChI=1S/C22H23N7O6S3/c1-11(30)27(2)28-6-4-13(5-7-28)36-8-12-9-37-20-16(19(32)29(20)17(12)21(33)34)25-18(31)15(26-35-3)14-10-38-22(23)24-14/h4-7,10,16,20H,8-9H2,1-3H3,(H3-,23,24,25,31,33,34)/b26-15-/t16-,20-/m1/s1. The van der Waals surface area contributed by atoms with E-state index in [4.69, 9.17) is 10.6 Å². The highest BCUT2D eigenvalue weighted by atomic mass is 32.2. The van der Waals surface area contributed by atoms with Gasteiger partial charge in [0.2, 0.25) is 12.4 Å². The number of carbonyl (C=O) groups is 4. The van der Waals surface area contributed by atoms with Crippen LogP contribution in [0, 0.1) is 0 Å². The normalized spacial score (nSPS) is 19.0. The third-order valence-corrected chi connectivity index (χ3v) is 8.80. The summed E-state index contributed by atoms with van der Waals surface area (Å²) in [5, 5.41) is 20.9. The van der Waals surface area contributed by atoms with Crippen LogP contribution in [0.15, 0.2) is 51.2 Å². The summed E-state index contributed by atoms with van der Waals surface area (Å²) in [5.74, 6) is -2.22. The maximum Gasteiger partial charge on any atom is 0.276 e. The fraction of sp³-hybridized carbons (Fsp3) is 0.318. The molecule has 4 rings (SSSR count). The Labute approximate surface area is 229 Å². The van der Waals surface area contributed by atoms with Crippen LogP contribution in [0.2, 0.25) is 0 Å². The number of pyridine rings is 1. The number of nitrogen functional groups attached to an aromatic ring is 1. The van der Waals surface area contributed by atoms with Gasteiger partial charge in [-0.05, 0) is 5.57 Å². The number of nitrogens with one attached hydrogen (secondary N) is 1. The van der Waals surface area contributed by atoms with E-state index in [0.717, 1.165) is 21.1 Å². The van der Waals surface area contributed by atoms with Crippen LogP contribution in [0.3, 0.4) is 0 Å². The van der Waals surface area contributed by atoms with Crippen molar-refractivity contribution < 1.29 is 33.8 Å². The van der Waals surface area contributed by atoms with Gasteiger partial charge >= 0.3 is 0 Å². The number of amides is 3. The molecule has 0 bridgehead atoms. The molecule has 1 fully saturated rings. The van der Waals surface area contributed by atoms with Gasteiger partial charge in [-0.1, -0.05) is 9.83 Å². The van der Waals surface area contributed by atoms with E-state index in [1.807, 2.05) is 0 Å². The van der Waals surface area contributed by atoms with Gasteiger partial charge in [0.05, 0.1) is 18.7 Å². The Morgan fingerprint density at radius 2 is 2.11 bits per heavy atom. The molecule has 0 spiro atoms. The zero-order chi connectivity index (χ0) is 27.6. The molecule has 1 saturated heterocycles. The second-order valence-corrected chi connectivity index (χ2v) is 11.1. The van der Waals surface area contributed by atoms with Crippen LogP contribution >= 0.6 is 34.9 Å². The Balaban J connectivity index is 1.45. The van der Waals surface area contributed by atoms with Gasteiger partial charge in [-0.15, -0.1) is 39.9 Å². The number of carboxylic acids is 1. The summed E-state index contributed by atoms with van der Waals surface area (Å²) >= 11 is 3.85. The second kappa shape index (κ2) is 11.4. The number of nitrogens with two attached hydrogens (primary N) is 1. The minimum Gasteiger partial charge on any atom is -0.543 e. The zero-order valence-corrected chi connectivity index (χ0v) is 22.9. The summed E-state index contributed by atoms with van der Waals surface area (Å²) in [6, 6.07) is 2.65. The third-order valence-electron chi connectivity index (χ3n) is 5.69. The van der Waals surface area contributed by atoms with Crippen molar-refractivity contribution >= 4 is 69.4 Å². The summed E-state index contributed by atoms with van der Waals surface area (Å²) in [5.41, 5.74) is 6.03. The maximum atomic E-state index is 13.0. The van der Waals surface area contributed by atoms with Crippen LogP contribution in [0.4, 0.5) is 5.13 Å². The van der Waals surface area contributed by atoms with E-state index in [1.54, 1.807) is 36.3 Å². The first-order valence-corrected chi connectivity index (χ1v) is 13.9. The predicted molar refractivity (Wildman–Crippen MR) is 139 cm³/mol. The lowest BCUT2D eigenvalue weighted by Crippen LogP contribution is -2.71. The minimum absolute atomic E-state index is 0.128. The van der Waals surface area contributed by atoms with Crippen LogP contribution in [-0.4, -0.2) is 76.4 Å². The Morgan fingerprint density at radius 3 is 2.68 bits per heavy atom. The number of aromatic nitrogens is 2. The number of hydrogen-bond acceptors (Lipinski definition) is 12. The van der Waals surface area contributed by atoms with Crippen molar-refractivity contribution in [2.45, 2.75) is 23.2 Å². The number of thioether (sulfide) groups is 2. The minimum atomic E-state index is -1.46.